The van der Waals surface area contributed by atoms with Gasteiger partial charge in [0.05, 0.1) is 6.61 Å². The Morgan fingerprint density at radius 1 is 1.38 bits per heavy atom. The summed E-state index contributed by atoms with van der Waals surface area (Å²) in [6.07, 6.45) is 2.28. The molecule has 2 aliphatic rings. The third kappa shape index (κ3) is 2.06. The molecule has 1 heterocycles. The minimum Gasteiger partial charge on any atom is -0.493 e. The van der Waals surface area contributed by atoms with Crippen LogP contribution >= 0.6 is 0 Å². The second kappa shape index (κ2) is 4.07. The van der Waals surface area contributed by atoms with Gasteiger partial charge in [-0.1, -0.05) is 0 Å². The van der Waals surface area contributed by atoms with Gasteiger partial charge in [0.2, 0.25) is 0 Å². The molecule has 0 radical (unpaired) electrons. The number of aliphatic hydroxyl groups excluding tert-OH is 1. The smallest absolute Gasteiger partial charge is 0.128 e. The molecule has 1 unspecified atom stereocenters. The highest BCUT2D eigenvalue weighted by Gasteiger charge is 2.23. The molecule has 1 aliphatic carbocycles. The van der Waals surface area contributed by atoms with Gasteiger partial charge >= 0.3 is 0 Å². The summed E-state index contributed by atoms with van der Waals surface area (Å²) in [5, 5.41) is 12.0. The number of ether oxygens (including phenoxy) is 1. The van der Waals surface area contributed by atoms with E-state index in [1.807, 2.05) is 12.1 Å². The summed E-state index contributed by atoms with van der Waals surface area (Å²) in [5.41, 5.74) is 2.29. The molecular weight excluding hydrogens is 202 g/mol. The Kier molecular flexibility index (Phi) is 2.58. The van der Waals surface area contributed by atoms with E-state index in [0.29, 0.717) is 0 Å². The topological polar surface area (TPSA) is 46.1 Å². The van der Waals surface area contributed by atoms with E-state index >= 15 is 0 Å². The molecule has 0 aromatic heterocycles. The van der Waals surface area contributed by atoms with E-state index < -0.39 is 0 Å². The normalized spacial score (nSPS) is 23.9. The first-order chi connectivity index (χ1) is 7.83. The lowest BCUT2D eigenvalue weighted by Crippen LogP contribution is -2.85. The number of nitrogens with two attached hydrogens (primary N) is 1. The second-order valence-electron chi connectivity index (χ2n) is 4.86. The number of fused-ring (bicyclic) bond motifs is 1. The average Bonchev–Trinajstić information content (AvgIpc) is 3.11. The molecule has 0 bridgehead atoms. The van der Waals surface area contributed by atoms with E-state index in [0.717, 1.165) is 36.9 Å². The van der Waals surface area contributed by atoms with Gasteiger partial charge in [0.25, 0.3) is 0 Å². The Morgan fingerprint density at radius 3 is 3.06 bits per heavy atom. The van der Waals surface area contributed by atoms with E-state index in [4.69, 9.17) is 4.74 Å². The number of quaternary nitrogens is 1. The fourth-order valence-electron chi connectivity index (χ4n) is 2.18. The molecule has 0 amide bonds. The van der Waals surface area contributed by atoms with Gasteiger partial charge in [-0.05, 0) is 42.5 Å². The first-order valence-corrected chi connectivity index (χ1v) is 6.08. The zero-order chi connectivity index (χ0) is 11.0. The molecule has 3 nitrogen and oxygen atoms in total. The van der Waals surface area contributed by atoms with Crippen LogP contribution in [0, 0.1) is 5.92 Å². The van der Waals surface area contributed by atoms with Crippen molar-refractivity contribution in [2.24, 2.45) is 5.92 Å². The van der Waals surface area contributed by atoms with Crippen LogP contribution < -0.4 is 10.1 Å². The number of benzene rings is 1. The van der Waals surface area contributed by atoms with Crippen LogP contribution in [0.25, 0.3) is 0 Å². The highest BCUT2D eigenvalue weighted by atomic mass is 16.5. The molecule has 1 saturated carbocycles. The summed E-state index contributed by atoms with van der Waals surface area (Å²) in [7, 11) is 0. The summed E-state index contributed by atoms with van der Waals surface area (Å²) < 4.78 is 5.72. The van der Waals surface area contributed by atoms with Crippen LogP contribution in [0.5, 0.6) is 5.75 Å². The third-order valence-corrected chi connectivity index (χ3v) is 3.41. The summed E-state index contributed by atoms with van der Waals surface area (Å²) in [6, 6.07) is 6.11. The van der Waals surface area contributed by atoms with Crippen LogP contribution in [0.3, 0.4) is 0 Å². The standard InChI is InChI=1S/C13H17NO2/c15-13-7-14-6-10-3-4-11(5-12(10)13)16-8-9-1-2-9/h3-5,9,13-15H,1-2,6-8H2/p+1. The van der Waals surface area contributed by atoms with Crippen LogP contribution in [0.4, 0.5) is 0 Å². The van der Waals surface area contributed by atoms with E-state index in [1.165, 1.54) is 18.4 Å². The molecule has 0 spiro atoms. The molecular formula is C13H18NO2+. The maximum Gasteiger partial charge on any atom is 0.128 e. The summed E-state index contributed by atoms with van der Waals surface area (Å²) >= 11 is 0. The van der Waals surface area contributed by atoms with Crippen LogP contribution in [-0.4, -0.2) is 18.3 Å². The predicted octanol–water partition coefficient (Wildman–Crippen LogP) is 0.586. The highest BCUT2D eigenvalue weighted by Crippen LogP contribution is 2.30. The quantitative estimate of drug-likeness (QED) is 0.783. The lowest BCUT2D eigenvalue weighted by molar-refractivity contribution is -0.681. The Bertz CT molecular complexity index is 388. The zero-order valence-corrected chi connectivity index (χ0v) is 9.36. The van der Waals surface area contributed by atoms with E-state index in [1.54, 1.807) is 0 Å². The Labute approximate surface area is 95.4 Å². The van der Waals surface area contributed by atoms with Crippen molar-refractivity contribution in [3.05, 3.63) is 29.3 Å². The van der Waals surface area contributed by atoms with Gasteiger partial charge < -0.3 is 15.2 Å². The van der Waals surface area contributed by atoms with Crippen molar-refractivity contribution >= 4 is 0 Å². The van der Waals surface area contributed by atoms with Crippen molar-refractivity contribution in [2.75, 3.05) is 13.2 Å². The summed E-state index contributed by atoms with van der Waals surface area (Å²) in [6.45, 7) is 2.56. The predicted molar refractivity (Wildman–Crippen MR) is 60.1 cm³/mol. The number of hydrogen-bond donors (Lipinski definition) is 2. The Morgan fingerprint density at radius 2 is 2.25 bits per heavy atom. The number of rotatable bonds is 3. The van der Waals surface area contributed by atoms with Gasteiger partial charge in [-0.25, -0.2) is 0 Å². The van der Waals surface area contributed by atoms with Crippen LogP contribution in [0.2, 0.25) is 0 Å². The van der Waals surface area contributed by atoms with Crippen molar-refractivity contribution in [1.29, 1.82) is 0 Å². The first-order valence-electron chi connectivity index (χ1n) is 6.08. The lowest BCUT2D eigenvalue weighted by atomic mass is 9.98. The lowest BCUT2D eigenvalue weighted by Gasteiger charge is -2.20. The molecule has 3 heteroatoms. The van der Waals surface area contributed by atoms with Crippen molar-refractivity contribution in [1.82, 2.24) is 0 Å². The molecule has 3 rings (SSSR count). The summed E-state index contributed by atoms with van der Waals surface area (Å²) in [4.78, 5) is 0. The summed E-state index contributed by atoms with van der Waals surface area (Å²) in [5.74, 6) is 1.68. The Balaban J connectivity index is 1.76. The van der Waals surface area contributed by atoms with Crippen LogP contribution in [0.1, 0.15) is 30.1 Å². The second-order valence-corrected chi connectivity index (χ2v) is 4.86. The molecule has 3 N–H and O–H groups in total. The molecule has 1 aromatic rings. The average molecular weight is 220 g/mol. The fraction of sp³-hybridized carbons (Fsp3) is 0.538. The van der Waals surface area contributed by atoms with Gasteiger partial charge in [-0.15, -0.1) is 0 Å². The Hall–Kier alpha value is -1.06. The fourth-order valence-corrected chi connectivity index (χ4v) is 2.18. The van der Waals surface area contributed by atoms with Gasteiger partial charge in [0, 0.05) is 5.56 Å². The highest BCUT2D eigenvalue weighted by molar-refractivity contribution is 5.37. The van der Waals surface area contributed by atoms with E-state index in [-0.39, 0.29) is 6.10 Å². The van der Waals surface area contributed by atoms with E-state index in [2.05, 4.69) is 11.4 Å². The monoisotopic (exact) mass is 220 g/mol. The van der Waals surface area contributed by atoms with Crippen LogP contribution in [-0.2, 0) is 6.54 Å². The molecule has 86 valence electrons. The maximum atomic E-state index is 9.89. The molecule has 16 heavy (non-hydrogen) atoms. The van der Waals surface area contributed by atoms with Gasteiger partial charge in [-0.2, -0.15) is 0 Å². The molecule has 1 aromatic carbocycles. The number of aliphatic hydroxyl groups is 1. The van der Waals surface area contributed by atoms with Gasteiger partial charge in [0.1, 0.15) is 24.9 Å². The first kappa shape index (κ1) is 10.1. The van der Waals surface area contributed by atoms with Crippen molar-refractivity contribution < 1.29 is 15.2 Å². The van der Waals surface area contributed by atoms with E-state index in [9.17, 15) is 5.11 Å². The minimum absolute atomic E-state index is 0.340. The SMILES string of the molecule is OC1C[NH2+]Cc2ccc(OCC3CC3)cc21. The molecule has 1 atom stereocenters. The zero-order valence-electron chi connectivity index (χ0n) is 9.36. The van der Waals surface area contributed by atoms with Gasteiger partial charge in [-0.3, -0.25) is 0 Å². The third-order valence-electron chi connectivity index (χ3n) is 3.41. The largest absolute Gasteiger partial charge is 0.493 e. The maximum absolute atomic E-state index is 9.89. The van der Waals surface area contributed by atoms with Crippen molar-refractivity contribution in [3.8, 4) is 5.75 Å². The van der Waals surface area contributed by atoms with Crippen molar-refractivity contribution in [2.45, 2.75) is 25.5 Å². The van der Waals surface area contributed by atoms with Gasteiger partial charge in [0.15, 0.2) is 0 Å². The molecule has 0 saturated heterocycles. The van der Waals surface area contributed by atoms with Crippen molar-refractivity contribution in [3.63, 3.8) is 0 Å². The minimum atomic E-state index is -0.340. The number of hydrogen-bond acceptors (Lipinski definition) is 2. The van der Waals surface area contributed by atoms with Crippen LogP contribution in [0.15, 0.2) is 18.2 Å². The molecule has 1 aliphatic heterocycles. The molecule has 1 fully saturated rings.